The van der Waals surface area contributed by atoms with Gasteiger partial charge in [0, 0.05) is 11.8 Å². The largest absolute Gasteiger partial charge is 0.495 e. The van der Waals surface area contributed by atoms with E-state index in [1.165, 1.54) is 19.4 Å². The van der Waals surface area contributed by atoms with E-state index in [-0.39, 0.29) is 0 Å². The molecule has 0 aliphatic carbocycles. The number of carbonyl (C=O) groups is 1. The van der Waals surface area contributed by atoms with Gasteiger partial charge in [0.25, 0.3) is 5.56 Å². The summed E-state index contributed by atoms with van der Waals surface area (Å²) in [6.07, 6.45) is 1.51. The Morgan fingerprint density at radius 2 is 2.12 bits per heavy atom. The highest BCUT2D eigenvalue weighted by Gasteiger charge is 2.19. The second kappa shape index (κ2) is 7.45. The number of rotatable bonds is 5. The predicted octanol–water partition coefficient (Wildman–Crippen LogP) is 3.37. The third-order valence-corrected chi connectivity index (χ3v) is 4.06. The van der Waals surface area contributed by atoms with E-state index >= 15 is 0 Å². The Kier molecular flexibility index (Phi) is 5.09. The van der Waals surface area contributed by atoms with Gasteiger partial charge in [0.2, 0.25) is 5.91 Å². The molecular weight excluding hydrogens is 358 g/mol. The lowest BCUT2D eigenvalue weighted by atomic mass is 10.2. The van der Waals surface area contributed by atoms with Crippen LogP contribution < -0.4 is 15.6 Å². The molecule has 0 saturated carbocycles. The van der Waals surface area contributed by atoms with Crippen molar-refractivity contribution in [3.63, 3.8) is 0 Å². The van der Waals surface area contributed by atoms with E-state index in [4.69, 9.17) is 20.8 Å². The summed E-state index contributed by atoms with van der Waals surface area (Å²) in [5, 5.41) is 7.31. The number of halogens is 1. The molecule has 3 aromatic rings. The molecule has 8 heteroatoms. The summed E-state index contributed by atoms with van der Waals surface area (Å²) in [7, 11) is 1.51. The average Bonchev–Trinajstić information content (AvgIpc) is 3.16. The lowest BCUT2D eigenvalue weighted by Crippen LogP contribution is -2.33. The van der Waals surface area contributed by atoms with Gasteiger partial charge in [0.05, 0.1) is 18.4 Å². The Labute approximate surface area is 154 Å². The fourth-order valence-electron chi connectivity index (χ4n) is 2.36. The van der Waals surface area contributed by atoms with Crippen molar-refractivity contribution < 1.29 is 13.9 Å². The normalized spacial score (nSPS) is 11.8. The number of nitrogens with one attached hydrogen (secondary N) is 1. The van der Waals surface area contributed by atoms with Crippen molar-refractivity contribution in [1.82, 2.24) is 9.78 Å². The number of furan rings is 1. The van der Waals surface area contributed by atoms with Gasteiger partial charge in [-0.05, 0) is 43.3 Å². The maximum Gasteiger partial charge on any atom is 0.267 e. The summed E-state index contributed by atoms with van der Waals surface area (Å²) < 4.78 is 11.5. The Morgan fingerprint density at radius 3 is 2.77 bits per heavy atom. The van der Waals surface area contributed by atoms with Crippen molar-refractivity contribution in [3.8, 4) is 17.2 Å². The van der Waals surface area contributed by atoms with Crippen LogP contribution in [0.2, 0.25) is 5.02 Å². The molecule has 1 unspecified atom stereocenters. The molecule has 0 bridgehead atoms. The van der Waals surface area contributed by atoms with Crippen LogP contribution in [0.5, 0.6) is 5.75 Å². The lowest BCUT2D eigenvalue weighted by Gasteiger charge is -2.15. The average molecular weight is 374 g/mol. The fraction of sp³-hybridized carbons (Fsp3) is 0.167. The maximum absolute atomic E-state index is 12.5. The van der Waals surface area contributed by atoms with Crippen LogP contribution in [0.15, 0.2) is 57.9 Å². The van der Waals surface area contributed by atoms with Crippen molar-refractivity contribution in [2.75, 3.05) is 12.4 Å². The number of benzene rings is 1. The molecule has 26 heavy (non-hydrogen) atoms. The van der Waals surface area contributed by atoms with Gasteiger partial charge in [-0.1, -0.05) is 11.6 Å². The first-order valence-corrected chi connectivity index (χ1v) is 8.15. The first-order valence-electron chi connectivity index (χ1n) is 7.77. The van der Waals surface area contributed by atoms with E-state index in [1.807, 2.05) is 0 Å². The van der Waals surface area contributed by atoms with Crippen LogP contribution in [0, 0.1) is 0 Å². The Morgan fingerprint density at radius 1 is 1.31 bits per heavy atom. The molecule has 1 aromatic carbocycles. The Hall–Kier alpha value is -3.06. The van der Waals surface area contributed by atoms with Gasteiger partial charge >= 0.3 is 0 Å². The summed E-state index contributed by atoms with van der Waals surface area (Å²) in [5.74, 6) is 0.604. The predicted molar refractivity (Wildman–Crippen MR) is 97.5 cm³/mol. The molecule has 134 valence electrons. The van der Waals surface area contributed by atoms with Crippen molar-refractivity contribution in [2.45, 2.75) is 13.0 Å². The monoisotopic (exact) mass is 373 g/mol. The molecule has 2 heterocycles. The number of carbonyl (C=O) groups excluding carboxylic acids is 1. The smallest absolute Gasteiger partial charge is 0.267 e. The van der Waals surface area contributed by atoms with Gasteiger partial charge in [0.1, 0.15) is 17.5 Å². The van der Waals surface area contributed by atoms with Crippen LogP contribution in [-0.2, 0) is 4.79 Å². The van der Waals surface area contributed by atoms with Crippen molar-refractivity contribution in [2.24, 2.45) is 0 Å². The van der Waals surface area contributed by atoms with E-state index in [2.05, 4.69) is 10.4 Å². The molecule has 1 atom stereocenters. The molecule has 0 radical (unpaired) electrons. The number of amides is 1. The molecule has 7 nitrogen and oxygen atoms in total. The summed E-state index contributed by atoms with van der Waals surface area (Å²) in [4.78, 5) is 24.6. The zero-order valence-corrected chi connectivity index (χ0v) is 14.9. The lowest BCUT2D eigenvalue weighted by molar-refractivity contribution is -0.119. The molecule has 1 amide bonds. The minimum atomic E-state index is -0.835. The molecule has 2 aromatic heterocycles. The SMILES string of the molecule is COc1ccc(NC(=O)C(C)n2nc(-c3ccco3)ccc2=O)cc1Cl. The van der Waals surface area contributed by atoms with Gasteiger partial charge in [-0.2, -0.15) is 5.10 Å². The minimum Gasteiger partial charge on any atom is -0.495 e. The zero-order chi connectivity index (χ0) is 18.7. The van der Waals surface area contributed by atoms with Gasteiger partial charge in [-0.25, -0.2) is 4.68 Å². The Balaban J connectivity index is 1.83. The maximum atomic E-state index is 12.5. The van der Waals surface area contributed by atoms with Crippen LogP contribution in [0.1, 0.15) is 13.0 Å². The topological polar surface area (TPSA) is 86.4 Å². The minimum absolute atomic E-state index is 0.369. The fourth-order valence-corrected chi connectivity index (χ4v) is 2.62. The van der Waals surface area contributed by atoms with Crippen molar-refractivity contribution >= 4 is 23.2 Å². The number of anilines is 1. The molecule has 3 rings (SSSR count). The van der Waals surface area contributed by atoms with Crippen molar-refractivity contribution in [1.29, 1.82) is 0 Å². The summed E-state index contributed by atoms with van der Waals surface area (Å²) >= 11 is 6.06. The summed E-state index contributed by atoms with van der Waals surface area (Å²) in [6, 6.07) is 10.4. The second-order valence-electron chi connectivity index (χ2n) is 5.49. The van der Waals surface area contributed by atoms with Gasteiger partial charge in [0.15, 0.2) is 5.76 Å². The molecule has 0 aliphatic heterocycles. The Bertz CT molecular complexity index is 982. The molecule has 0 aliphatic rings. The van der Waals surface area contributed by atoms with Gasteiger partial charge < -0.3 is 14.5 Å². The van der Waals surface area contributed by atoms with E-state index in [9.17, 15) is 9.59 Å². The van der Waals surface area contributed by atoms with E-state index in [1.54, 1.807) is 43.3 Å². The van der Waals surface area contributed by atoms with Crippen molar-refractivity contribution in [3.05, 3.63) is 64.1 Å². The number of aromatic nitrogens is 2. The quantitative estimate of drug-likeness (QED) is 0.741. The molecule has 0 spiro atoms. The van der Waals surface area contributed by atoms with Crippen LogP contribution >= 0.6 is 11.6 Å². The van der Waals surface area contributed by atoms with Gasteiger partial charge in [-0.3, -0.25) is 9.59 Å². The number of hydrogen-bond donors (Lipinski definition) is 1. The number of nitrogens with zero attached hydrogens (tertiary/aromatic N) is 2. The molecule has 0 fully saturated rings. The third-order valence-electron chi connectivity index (χ3n) is 3.76. The number of ether oxygens (including phenoxy) is 1. The third kappa shape index (κ3) is 3.62. The molecule has 1 N–H and O–H groups in total. The summed E-state index contributed by atoms with van der Waals surface area (Å²) in [6.45, 7) is 1.58. The molecule has 0 saturated heterocycles. The number of methoxy groups -OCH3 is 1. The van der Waals surface area contributed by atoms with Crippen LogP contribution in [0.25, 0.3) is 11.5 Å². The summed E-state index contributed by atoms with van der Waals surface area (Å²) in [5.41, 5.74) is 0.556. The second-order valence-corrected chi connectivity index (χ2v) is 5.90. The highest BCUT2D eigenvalue weighted by Crippen LogP contribution is 2.27. The van der Waals surface area contributed by atoms with E-state index in [0.29, 0.717) is 27.9 Å². The van der Waals surface area contributed by atoms with E-state index in [0.717, 1.165) is 4.68 Å². The van der Waals surface area contributed by atoms with E-state index < -0.39 is 17.5 Å². The first-order chi connectivity index (χ1) is 12.5. The van der Waals surface area contributed by atoms with Crippen LogP contribution in [0.4, 0.5) is 5.69 Å². The zero-order valence-electron chi connectivity index (χ0n) is 14.1. The van der Waals surface area contributed by atoms with Crippen LogP contribution in [-0.4, -0.2) is 22.8 Å². The highest BCUT2D eigenvalue weighted by molar-refractivity contribution is 6.32. The van der Waals surface area contributed by atoms with Crippen LogP contribution in [0.3, 0.4) is 0 Å². The molecular formula is C18H16ClN3O4. The van der Waals surface area contributed by atoms with Gasteiger partial charge in [-0.15, -0.1) is 0 Å². The number of hydrogen-bond acceptors (Lipinski definition) is 5. The highest BCUT2D eigenvalue weighted by atomic mass is 35.5. The first kappa shape index (κ1) is 17.8. The standard InChI is InChI=1S/C18H16ClN3O4/c1-11(18(24)20-12-5-7-15(25-2)13(19)10-12)22-17(23)8-6-14(21-22)16-4-3-9-26-16/h3-11H,1-2H3,(H,20,24).